The summed E-state index contributed by atoms with van der Waals surface area (Å²) in [6, 6.07) is 22.4. The zero-order chi connectivity index (χ0) is 15.0. The minimum absolute atomic E-state index is 0.112. The third-order valence-electron chi connectivity index (χ3n) is 5.28. The first-order chi connectivity index (χ1) is 10.8. The maximum absolute atomic E-state index is 3.95. The molecule has 0 amide bonds. The van der Waals surface area contributed by atoms with Crippen molar-refractivity contribution >= 4 is 0 Å². The van der Waals surface area contributed by atoms with Gasteiger partial charge in [0.05, 0.1) is 17.7 Å². The van der Waals surface area contributed by atoms with Gasteiger partial charge in [0.2, 0.25) is 0 Å². The van der Waals surface area contributed by atoms with E-state index >= 15 is 0 Å². The Balaban J connectivity index is 1.70. The second-order valence-electron chi connectivity index (χ2n) is 7.00. The molecular weight excluding hydrogens is 268 g/mol. The predicted octanol–water partition coefficient (Wildman–Crippen LogP) is 4.18. The number of hydrogen-bond donors (Lipinski definition) is 2. The molecule has 22 heavy (non-hydrogen) atoms. The molecule has 2 aromatic carbocycles. The Morgan fingerprint density at radius 1 is 0.818 bits per heavy atom. The molecule has 0 bridgehead atoms. The van der Waals surface area contributed by atoms with Crippen LogP contribution in [-0.4, -0.2) is 5.66 Å². The normalized spacial score (nSPS) is 30.0. The van der Waals surface area contributed by atoms with Crippen LogP contribution in [0.15, 0.2) is 60.7 Å². The first-order valence-corrected chi connectivity index (χ1v) is 8.41. The van der Waals surface area contributed by atoms with Gasteiger partial charge in [-0.2, -0.15) is 0 Å². The van der Waals surface area contributed by atoms with Crippen LogP contribution in [0.1, 0.15) is 49.4 Å². The second kappa shape index (κ2) is 5.53. The fraction of sp³-hybridized carbons (Fsp3) is 0.400. The third kappa shape index (κ3) is 2.47. The Bertz CT molecular complexity index is 575. The lowest BCUT2D eigenvalue weighted by molar-refractivity contribution is 0.316. The quantitative estimate of drug-likeness (QED) is 0.867. The van der Waals surface area contributed by atoms with Crippen LogP contribution in [0.2, 0.25) is 0 Å². The third-order valence-corrected chi connectivity index (χ3v) is 5.28. The molecule has 1 spiro atoms. The van der Waals surface area contributed by atoms with Crippen molar-refractivity contribution < 1.29 is 0 Å². The molecule has 2 N–H and O–H groups in total. The van der Waals surface area contributed by atoms with E-state index in [9.17, 15) is 0 Å². The highest BCUT2D eigenvalue weighted by molar-refractivity contribution is 5.31. The Hall–Kier alpha value is -1.64. The molecule has 0 aromatic heterocycles. The highest BCUT2D eigenvalue weighted by Gasteiger charge is 2.48. The average Bonchev–Trinajstić information content (AvgIpc) is 3.12. The van der Waals surface area contributed by atoms with Crippen LogP contribution >= 0.6 is 0 Å². The van der Waals surface area contributed by atoms with E-state index in [0.717, 1.165) is 5.92 Å². The molecule has 2 aromatic rings. The number of benzene rings is 2. The summed E-state index contributed by atoms with van der Waals surface area (Å²) >= 11 is 0. The van der Waals surface area contributed by atoms with Gasteiger partial charge in [0.1, 0.15) is 0 Å². The smallest absolute Gasteiger partial charge is 0.0700 e. The molecule has 1 aliphatic heterocycles. The van der Waals surface area contributed by atoms with E-state index in [4.69, 9.17) is 0 Å². The summed E-state index contributed by atoms with van der Waals surface area (Å²) in [4.78, 5) is 0. The highest BCUT2D eigenvalue weighted by Crippen LogP contribution is 2.44. The van der Waals surface area contributed by atoms with Gasteiger partial charge >= 0.3 is 0 Å². The van der Waals surface area contributed by atoms with Crippen molar-refractivity contribution in [3.05, 3.63) is 71.8 Å². The van der Waals surface area contributed by atoms with E-state index < -0.39 is 0 Å². The number of rotatable bonds is 2. The van der Waals surface area contributed by atoms with Crippen molar-refractivity contribution in [1.29, 1.82) is 0 Å². The number of nitrogens with one attached hydrogen (secondary N) is 2. The van der Waals surface area contributed by atoms with Gasteiger partial charge < -0.3 is 0 Å². The van der Waals surface area contributed by atoms with Crippen molar-refractivity contribution in [2.45, 2.75) is 43.9 Å². The molecular formula is C20H24N2. The fourth-order valence-corrected chi connectivity index (χ4v) is 4.23. The zero-order valence-corrected chi connectivity index (χ0v) is 13.1. The number of hydrogen-bond acceptors (Lipinski definition) is 2. The van der Waals surface area contributed by atoms with Gasteiger partial charge in [-0.1, -0.05) is 67.6 Å². The molecule has 114 valence electrons. The van der Waals surface area contributed by atoms with Gasteiger partial charge in [-0.25, -0.2) is 0 Å². The maximum atomic E-state index is 3.95. The maximum Gasteiger partial charge on any atom is 0.0700 e. The molecule has 2 heteroatoms. The van der Waals surface area contributed by atoms with E-state index in [-0.39, 0.29) is 5.66 Å². The Morgan fingerprint density at radius 3 is 1.73 bits per heavy atom. The largest absolute Gasteiger partial charge is 0.290 e. The van der Waals surface area contributed by atoms with E-state index in [1.165, 1.54) is 30.4 Å². The Kier molecular flexibility index (Phi) is 3.51. The molecule has 1 saturated carbocycles. The van der Waals surface area contributed by atoms with Crippen LogP contribution in [0.25, 0.3) is 0 Å². The molecule has 2 aliphatic rings. The van der Waals surface area contributed by atoms with Crippen LogP contribution in [-0.2, 0) is 0 Å². The van der Waals surface area contributed by atoms with Gasteiger partial charge in [0, 0.05) is 0 Å². The van der Waals surface area contributed by atoms with Gasteiger partial charge in [-0.05, 0) is 36.3 Å². The molecule has 4 rings (SSSR count). The predicted molar refractivity (Wildman–Crippen MR) is 90.4 cm³/mol. The zero-order valence-electron chi connectivity index (χ0n) is 13.1. The van der Waals surface area contributed by atoms with Crippen LogP contribution in [0.3, 0.4) is 0 Å². The standard InChI is InChI=1S/C20H24N2/c1-15-12-13-20(14-15)21-18(16-8-4-2-5-9-16)19(22-20)17-10-6-3-7-11-17/h2-11,15,18-19,21-22H,12-14H2,1H3/t15-,18+,19+/m0/s1. The van der Waals surface area contributed by atoms with Crippen molar-refractivity contribution in [1.82, 2.24) is 10.6 Å². The monoisotopic (exact) mass is 292 g/mol. The van der Waals surface area contributed by atoms with Crippen molar-refractivity contribution in [2.75, 3.05) is 0 Å². The van der Waals surface area contributed by atoms with Gasteiger partial charge in [-0.3, -0.25) is 10.6 Å². The summed E-state index contributed by atoms with van der Waals surface area (Å²) in [5.41, 5.74) is 2.86. The van der Waals surface area contributed by atoms with Crippen molar-refractivity contribution in [2.24, 2.45) is 5.92 Å². The van der Waals surface area contributed by atoms with E-state index in [1.54, 1.807) is 0 Å². The van der Waals surface area contributed by atoms with Crippen LogP contribution < -0.4 is 10.6 Å². The van der Waals surface area contributed by atoms with E-state index in [0.29, 0.717) is 12.1 Å². The van der Waals surface area contributed by atoms with Crippen molar-refractivity contribution in [3.8, 4) is 0 Å². The molecule has 2 fully saturated rings. The van der Waals surface area contributed by atoms with Gasteiger partial charge in [0.25, 0.3) is 0 Å². The van der Waals surface area contributed by atoms with E-state index in [1.807, 2.05) is 0 Å². The topological polar surface area (TPSA) is 24.1 Å². The minimum atomic E-state index is 0.112. The molecule has 1 saturated heterocycles. The Morgan fingerprint density at radius 2 is 1.32 bits per heavy atom. The molecule has 1 aliphatic carbocycles. The van der Waals surface area contributed by atoms with Gasteiger partial charge in [-0.15, -0.1) is 0 Å². The fourth-order valence-electron chi connectivity index (χ4n) is 4.23. The lowest BCUT2D eigenvalue weighted by Gasteiger charge is -2.25. The van der Waals surface area contributed by atoms with Crippen LogP contribution in [0.4, 0.5) is 0 Å². The summed E-state index contributed by atoms with van der Waals surface area (Å²) in [6.07, 6.45) is 3.75. The van der Waals surface area contributed by atoms with Crippen LogP contribution in [0.5, 0.6) is 0 Å². The summed E-state index contributed by atoms with van der Waals surface area (Å²) in [6.45, 7) is 2.37. The van der Waals surface area contributed by atoms with Gasteiger partial charge in [0.15, 0.2) is 0 Å². The molecule has 2 nitrogen and oxygen atoms in total. The average molecular weight is 292 g/mol. The van der Waals surface area contributed by atoms with Crippen molar-refractivity contribution in [3.63, 3.8) is 0 Å². The first kappa shape index (κ1) is 14.0. The molecule has 1 heterocycles. The molecule has 0 radical (unpaired) electrons. The summed E-state index contributed by atoms with van der Waals surface area (Å²) < 4.78 is 0. The second-order valence-corrected chi connectivity index (χ2v) is 7.00. The summed E-state index contributed by atoms with van der Waals surface area (Å²) in [5, 5.41) is 7.90. The van der Waals surface area contributed by atoms with E-state index in [2.05, 4.69) is 78.2 Å². The SMILES string of the molecule is C[C@H]1CCC2(C1)N[C@H](c1ccccc1)[C@@H](c1ccccc1)N2. The minimum Gasteiger partial charge on any atom is -0.290 e. The summed E-state index contributed by atoms with van der Waals surface area (Å²) in [5.74, 6) is 0.797. The van der Waals surface area contributed by atoms with Crippen LogP contribution in [0, 0.1) is 5.92 Å². The Labute approximate surface area is 132 Å². The lowest BCUT2D eigenvalue weighted by Crippen LogP contribution is -2.47. The highest BCUT2D eigenvalue weighted by atomic mass is 15.3. The lowest BCUT2D eigenvalue weighted by atomic mass is 9.95. The molecule has 0 unspecified atom stereocenters. The first-order valence-electron chi connectivity index (χ1n) is 8.41. The summed E-state index contributed by atoms with van der Waals surface area (Å²) in [7, 11) is 0. The molecule has 3 atom stereocenters.